The van der Waals surface area contributed by atoms with Gasteiger partial charge in [-0.05, 0) is 89.2 Å². The van der Waals surface area contributed by atoms with Crippen molar-refractivity contribution in [3.63, 3.8) is 0 Å². The molecule has 2 heterocycles. The fraction of sp³-hybridized carbons (Fsp3) is 0.650. The van der Waals surface area contributed by atoms with Gasteiger partial charge in [-0.1, -0.05) is 0 Å². The first kappa shape index (κ1) is 16.3. The molecular weight excluding hydrogens is 282 g/mol. The second-order valence-corrected chi connectivity index (χ2v) is 7.92. The summed E-state index contributed by atoms with van der Waals surface area (Å²) in [5.74, 6) is 0. The van der Waals surface area contributed by atoms with E-state index in [-0.39, 0.29) is 0 Å². The van der Waals surface area contributed by atoms with Crippen LogP contribution in [0.3, 0.4) is 0 Å². The topological polar surface area (TPSA) is 30.3 Å². The molecule has 2 aliphatic heterocycles. The number of hydrogen-bond donors (Lipinski definition) is 0. The van der Waals surface area contributed by atoms with Gasteiger partial charge in [-0.15, -0.1) is 0 Å². The van der Waals surface area contributed by atoms with E-state index in [1.54, 1.807) is 0 Å². The van der Waals surface area contributed by atoms with Crippen LogP contribution in [-0.2, 0) is 0 Å². The zero-order chi connectivity index (χ0) is 16.6. The Morgan fingerprint density at radius 1 is 1.26 bits per heavy atom. The molecule has 2 aliphatic rings. The predicted molar refractivity (Wildman–Crippen MR) is 95.7 cm³/mol. The molecule has 2 saturated heterocycles. The van der Waals surface area contributed by atoms with E-state index in [2.05, 4.69) is 48.8 Å². The highest BCUT2D eigenvalue weighted by Gasteiger charge is 2.44. The van der Waals surface area contributed by atoms with E-state index in [0.717, 1.165) is 11.1 Å². The minimum absolute atomic E-state index is 0.493. The first-order chi connectivity index (χ1) is 10.9. The molecule has 0 bridgehead atoms. The van der Waals surface area contributed by atoms with Crippen LogP contribution in [0.5, 0.6) is 0 Å². The Morgan fingerprint density at radius 2 is 1.96 bits per heavy atom. The van der Waals surface area contributed by atoms with Crippen LogP contribution in [0.25, 0.3) is 0 Å². The highest BCUT2D eigenvalue weighted by Crippen LogP contribution is 2.45. The molecule has 23 heavy (non-hydrogen) atoms. The maximum absolute atomic E-state index is 9.13. The van der Waals surface area contributed by atoms with Crippen molar-refractivity contribution in [2.75, 3.05) is 24.5 Å². The van der Waals surface area contributed by atoms with E-state index in [0.29, 0.717) is 17.5 Å². The lowest BCUT2D eigenvalue weighted by molar-refractivity contribution is 0.0951. The SMILES string of the molecule is Cc1cc(N2CC3(CCN(C(C)C)CC3)CC2C)ccc1C#N. The molecule has 1 unspecified atom stereocenters. The van der Waals surface area contributed by atoms with E-state index >= 15 is 0 Å². The molecule has 1 aromatic carbocycles. The van der Waals surface area contributed by atoms with Crippen molar-refractivity contribution >= 4 is 5.69 Å². The van der Waals surface area contributed by atoms with Crippen LogP contribution in [0.15, 0.2) is 18.2 Å². The van der Waals surface area contributed by atoms with Gasteiger partial charge < -0.3 is 9.80 Å². The molecule has 0 radical (unpaired) electrons. The average Bonchev–Trinajstić information content (AvgIpc) is 2.84. The number of likely N-dealkylation sites (tertiary alicyclic amines) is 1. The predicted octanol–water partition coefficient (Wildman–Crippen LogP) is 3.96. The van der Waals surface area contributed by atoms with Crippen LogP contribution >= 0.6 is 0 Å². The Balaban J connectivity index is 1.74. The molecule has 2 fully saturated rings. The van der Waals surface area contributed by atoms with Crippen LogP contribution in [0.1, 0.15) is 51.2 Å². The zero-order valence-corrected chi connectivity index (χ0v) is 15.0. The van der Waals surface area contributed by atoms with Gasteiger partial charge in [-0.3, -0.25) is 0 Å². The Bertz CT molecular complexity index is 606. The van der Waals surface area contributed by atoms with Gasteiger partial charge in [0.05, 0.1) is 11.6 Å². The number of nitriles is 1. The minimum Gasteiger partial charge on any atom is -0.368 e. The van der Waals surface area contributed by atoms with Gasteiger partial charge in [-0.2, -0.15) is 5.26 Å². The molecule has 0 aliphatic carbocycles. The third-order valence-corrected chi connectivity index (χ3v) is 6.02. The molecule has 124 valence electrons. The number of piperidine rings is 1. The van der Waals surface area contributed by atoms with Gasteiger partial charge in [-0.25, -0.2) is 0 Å². The molecule has 1 spiro atoms. The highest BCUT2D eigenvalue weighted by atomic mass is 15.2. The Morgan fingerprint density at radius 3 is 2.52 bits per heavy atom. The molecule has 0 amide bonds. The Labute approximate surface area is 140 Å². The van der Waals surface area contributed by atoms with E-state index < -0.39 is 0 Å². The van der Waals surface area contributed by atoms with E-state index in [1.807, 2.05) is 13.0 Å². The first-order valence-corrected chi connectivity index (χ1v) is 8.95. The summed E-state index contributed by atoms with van der Waals surface area (Å²) >= 11 is 0. The minimum atomic E-state index is 0.493. The number of nitrogens with zero attached hydrogens (tertiary/aromatic N) is 3. The Kier molecular flexibility index (Phi) is 4.38. The second kappa shape index (κ2) is 6.17. The fourth-order valence-corrected chi connectivity index (χ4v) is 4.49. The second-order valence-electron chi connectivity index (χ2n) is 7.92. The van der Waals surface area contributed by atoms with E-state index in [1.165, 1.54) is 44.6 Å². The summed E-state index contributed by atoms with van der Waals surface area (Å²) in [6, 6.07) is 9.83. The van der Waals surface area contributed by atoms with Crippen molar-refractivity contribution in [3.8, 4) is 6.07 Å². The van der Waals surface area contributed by atoms with Crippen LogP contribution in [-0.4, -0.2) is 36.6 Å². The molecule has 0 N–H and O–H groups in total. The quantitative estimate of drug-likeness (QED) is 0.828. The summed E-state index contributed by atoms with van der Waals surface area (Å²) < 4.78 is 0. The van der Waals surface area contributed by atoms with Crippen molar-refractivity contribution < 1.29 is 0 Å². The zero-order valence-electron chi connectivity index (χ0n) is 15.0. The highest BCUT2D eigenvalue weighted by molar-refractivity contribution is 5.55. The van der Waals surface area contributed by atoms with E-state index in [9.17, 15) is 0 Å². The van der Waals surface area contributed by atoms with Crippen molar-refractivity contribution in [2.45, 2.75) is 59.0 Å². The summed E-state index contributed by atoms with van der Waals surface area (Å²) in [7, 11) is 0. The molecular formula is C20H29N3. The summed E-state index contributed by atoms with van der Waals surface area (Å²) in [4.78, 5) is 5.18. The Hall–Kier alpha value is -1.53. The molecule has 3 heteroatoms. The summed E-state index contributed by atoms with van der Waals surface area (Å²) in [6.07, 6.45) is 3.94. The number of hydrogen-bond acceptors (Lipinski definition) is 3. The average molecular weight is 311 g/mol. The van der Waals surface area contributed by atoms with E-state index in [4.69, 9.17) is 5.26 Å². The van der Waals surface area contributed by atoms with Crippen molar-refractivity contribution in [1.82, 2.24) is 4.90 Å². The lowest BCUT2D eigenvalue weighted by Gasteiger charge is -2.41. The molecule has 0 saturated carbocycles. The maximum Gasteiger partial charge on any atom is 0.0994 e. The van der Waals surface area contributed by atoms with Crippen molar-refractivity contribution in [3.05, 3.63) is 29.3 Å². The largest absolute Gasteiger partial charge is 0.368 e. The van der Waals surface area contributed by atoms with Crippen molar-refractivity contribution in [1.29, 1.82) is 5.26 Å². The number of anilines is 1. The lowest BCUT2D eigenvalue weighted by atomic mass is 9.76. The van der Waals surface area contributed by atoms with Crippen molar-refractivity contribution in [2.24, 2.45) is 5.41 Å². The van der Waals surface area contributed by atoms with Gasteiger partial charge in [0.2, 0.25) is 0 Å². The standard InChI is InChI=1S/C20H29N3/c1-15(2)22-9-7-20(8-10-22)12-17(4)23(14-20)19-6-5-18(13-21)16(3)11-19/h5-6,11,15,17H,7-10,12,14H2,1-4H3. The number of rotatable bonds is 2. The number of aryl methyl sites for hydroxylation is 1. The third kappa shape index (κ3) is 3.10. The van der Waals surface area contributed by atoms with Gasteiger partial charge in [0.15, 0.2) is 0 Å². The van der Waals surface area contributed by atoms with Gasteiger partial charge in [0.1, 0.15) is 0 Å². The molecule has 3 rings (SSSR count). The van der Waals surface area contributed by atoms with Crippen LogP contribution in [0.2, 0.25) is 0 Å². The van der Waals surface area contributed by atoms with Gasteiger partial charge in [0, 0.05) is 24.3 Å². The normalized spacial score (nSPS) is 24.3. The summed E-state index contributed by atoms with van der Waals surface area (Å²) in [6.45, 7) is 12.7. The van der Waals surface area contributed by atoms with Crippen LogP contribution in [0.4, 0.5) is 5.69 Å². The summed E-state index contributed by atoms with van der Waals surface area (Å²) in [5, 5.41) is 9.13. The summed E-state index contributed by atoms with van der Waals surface area (Å²) in [5.41, 5.74) is 3.66. The fourth-order valence-electron chi connectivity index (χ4n) is 4.49. The molecule has 1 aromatic rings. The maximum atomic E-state index is 9.13. The van der Waals surface area contributed by atoms with Crippen LogP contribution in [0, 0.1) is 23.7 Å². The number of benzene rings is 1. The molecule has 3 nitrogen and oxygen atoms in total. The smallest absolute Gasteiger partial charge is 0.0994 e. The van der Waals surface area contributed by atoms with Gasteiger partial charge in [0.25, 0.3) is 0 Å². The monoisotopic (exact) mass is 311 g/mol. The first-order valence-electron chi connectivity index (χ1n) is 8.95. The lowest BCUT2D eigenvalue weighted by Crippen LogP contribution is -2.44. The van der Waals surface area contributed by atoms with Crippen LogP contribution < -0.4 is 4.90 Å². The molecule has 0 aromatic heterocycles. The van der Waals surface area contributed by atoms with Gasteiger partial charge >= 0.3 is 0 Å². The third-order valence-electron chi connectivity index (χ3n) is 6.02. The molecule has 1 atom stereocenters.